The number of aliphatic hydroxyl groups excluding tert-OH is 1. The van der Waals surface area contributed by atoms with Crippen LogP contribution in [-0.4, -0.2) is 38.9 Å². The lowest BCUT2D eigenvalue weighted by molar-refractivity contribution is -0.140. The van der Waals surface area contributed by atoms with Crippen LogP contribution < -0.4 is 9.47 Å². The number of phenolic OH excluding ortho intramolecular Hbond substituents is 1. The summed E-state index contributed by atoms with van der Waals surface area (Å²) in [5, 5.41) is 21.5. The minimum atomic E-state index is -0.924. The van der Waals surface area contributed by atoms with Crippen LogP contribution >= 0.6 is 0 Å². The average Bonchev–Trinajstić information content (AvgIpc) is 3.22. The van der Waals surface area contributed by atoms with Crippen molar-refractivity contribution in [2.45, 2.75) is 26.1 Å². The normalized spacial score (nSPS) is 16.2. The lowest BCUT2D eigenvalue weighted by atomic mass is 9.95. The van der Waals surface area contributed by atoms with E-state index in [1.54, 1.807) is 60.9 Å². The molecule has 1 aliphatic rings. The van der Waals surface area contributed by atoms with E-state index >= 15 is 0 Å². The number of amides is 1. The minimum absolute atomic E-state index is 0.0600. The number of rotatable bonds is 8. The number of ketones is 1. The van der Waals surface area contributed by atoms with Crippen molar-refractivity contribution in [1.82, 2.24) is 9.88 Å². The summed E-state index contributed by atoms with van der Waals surface area (Å²) >= 11 is 0. The summed E-state index contributed by atoms with van der Waals surface area (Å²) in [4.78, 5) is 32.1. The topological polar surface area (TPSA) is 109 Å². The lowest BCUT2D eigenvalue weighted by Crippen LogP contribution is -2.29. The van der Waals surface area contributed by atoms with Crippen LogP contribution in [0.2, 0.25) is 0 Å². The number of phenols is 1. The van der Waals surface area contributed by atoms with Crippen LogP contribution in [0.15, 0.2) is 96.8 Å². The number of aromatic hydroxyl groups is 1. The van der Waals surface area contributed by atoms with Crippen molar-refractivity contribution in [3.8, 4) is 17.2 Å². The van der Waals surface area contributed by atoms with Crippen molar-refractivity contribution in [3.05, 3.63) is 125 Å². The zero-order valence-electron chi connectivity index (χ0n) is 22.1. The Balaban J connectivity index is 1.51. The van der Waals surface area contributed by atoms with E-state index in [1.165, 1.54) is 18.1 Å². The molecule has 3 aromatic carbocycles. The van der Waals surface area contributed by atoms with Crippen molar-refractivity contribution in [1.29, 1.82) is 0 Å². The van der Waals surface area contributed by atoms with Gasteiger partial charge in [0.25, 0.3) is 11.7 Å². The number of ether oxygens (including phenoxy) is 2. The molecule has 4 aromatic rings. The minimum Gasteiger partial charge on any atom is -0.507 e. The molecule has 1 amide bonds. The maximum atomic E-state index is 13.4. The van der Waals surface area contributed by atoms with Gasteiger partial charge in [0.1, 0.15) is 18.1 Å². The van der Waals surface area contributed by atoms with Gasteiger partial charge in [-0.1, -0.05) is 36.4 Å². The summed E-state index contributed by atoms with van der Waals surface area (Å²) in [6.45, 7) is 2.50. The maximum Gasteiger partial charge on any atom is 0.295 e. The van der Waals surface area contributed by atoms with Crippen molar-refractivity contribution in [2.24, 2.45) is 0 Å². The van der Waals surface area contributed by atoms with Crippen molar-refractivity contribution in [2.75, 3.05) is 7.11 Å². The number of nitrogens with zero attached hydrogens (tertiary/aromatic N) is 2. The third-order valence-electron chi connectivity index (χ3n) is 6.92. The molecule has 1 saturated heterocycles. The van der Waals surface area contributed by atoms with Gasteiger partial charge in [-0.2, -0.15) is 0 Å². The molecular formula is C32H28N2O6. The molecule has 1 atom stereocenters. The van der Waals surface area contributed by atoms with Crippen LogP contribution in [0.1, 0.15) is 33.9 Å². The Hall–Kier alpha value is -5.11. The Kier molecular flexibility index (Phi) is 7.50. The number of hydrogen-bond acceptors (Lipinski definition) is 7. The molecule has 0 bridgehead atoms. The number of methoxy groups -OCH3 is 1. The number of aliphatic hydroxyl groups is 1. The molecule has 0 radical (unpaired) electrons. The molecule has 1 aromatic heterocycles. The van der Waals surface area contributed by atoms with Crippen molar-refractivity contribution < 1.29 is 29.3 Å². The second-order valence-electron chi connectivity index (χ2n) is 9.46. The molecule has 1 fully saturated rings. The molecule has 0 spiro atoms. The Morgan fingerprint density at radius 1 is 1.00 bits per heavy atom. The molecular weight excluding hydrogens is 508 g/mol. The van der Waals surface area contributed by atoms with Gasteiger partial charge in [0.2, 0.25) is 0 Å². The fraction of sp³-hybridized carbons (Fsp3) is 0.156. The van der Waals surface area contributed by atoms with Gasteiger partial charge in [-0.3, -0.25) is 14.6 Å². The first kappa shape index (κ1) is 26.5. The molecule has 0 aliphatic carbocycles. The highest BCUT2D eigenvalue weighted by Gasteiger charge is 2.46. The van der Waals surface area contributed by atoms with E-state index < -0.39 is 17.7 Å². The maximum absolute atomic E-state index is 13.4. The first-order chi connectivity index (χ1) is 19.4. The summed E-state index contributed by atoms with van der Waals surface area (Å²) in [6.07, 6.45) is 3.23. The molecule has 1 unspecified atom stereocenters. The lowest BCUT2D eigenvalue weighted by Gasteiger charge is -2.25. The second kappa shape index (κ2) is 11.3. The van der Waals surface area contributed by atoms with Gasteiger partial charge >= 0.3 is 0 Å². The molecule has 2 N–H and O–H groups in total. The molecule has 8 heteroatoms. The van der Waals surface area contributed by atoms with Gasteiger partial charge in [-0.15, -0.1) is 0 Å². The number of likely N-dealkylation sites (tertiary alicyclic amines) is 1. The molecule has 8 nitrogen and oxygen atoms in total. The van der Waals surface area contributed by atoms with E-state index in [9.17, 15) is 19.8 Å². The zero-order chi connectivity index (χ0) is 28.2. The molecule has 1 aliphatic heterocycles. The predicted molar refractivity (Wildman–Crippen MR) is 149 cm³/mol. The fourth-order valence-electron chi connectivity index (χ4n) is 4.74. The van der Waals surface area contributed by atoms with Crippen LogP contribution in [-0.2, 0) is 22.7 Å². The van der Waals surface area contributed by atoms with E-state index in [4.69, 9.17) is 9.47 Å². The number of carbonyl (C=O) groups excluding carboxylic acids is 2. The summed E-state index contributed by atoms with van der Waals surface area (Å²) < 4.78 is 11.2. The molecule has 40 heavy (non-hydrogen) atoms. The first-order valence-corrected chi connectivity index (χ1v) is 12.7. The number of aromatic nitrogens is 1. The summed E-state index contributed by atoms with van der Waals surface area (Å²) in [5.41, 5.74) is 3.70. The summed E-state index contributed by atoms with van der Waals surface area (Å²) in [7, 11) is 1.41. The summed E-state index contributed by atoms with van der Waals surface area (Å²) in [6, 6.07) is 21.8. The second-order valence-corrected chi connectivity index (χ2v) is 9.46. The highest BCUT2D eigenvalue weighted by Crippen LogP contribution is 2.42. The van der Waals surface area contributed by atoms with E-state index in [-0.39, 0.29) is 29.4 Å². The molecule has 0 saturated carbocycles. The van der Waals surface area contributed by atoms with Gasteiger partial charge in [0, 0.05) is 24.5 Å². The number of benzene rings is 3. The monoisotopic (exact) mass is 536 g/mol. The van der Waals surface area contributed by atoms with Crippen molar-refractivity contribution >= 4 is 17.4 Å². The zero-order valence-corrected chi connectivity index (χ0v) is 22.1. The van der Waals surface area contributed by atoms with Crippen LogP contribution in [0.25, 0.3) is 5.76 Å². The van der Waals surface area contributed by atoms with E-state index in [0.717, 1.165) is 16.7 Å². The number of pyridine rings is 1. The fourth-order valence-corrected chi connectivity index (χ4v) is 4.74. The predicted octanol–water partition coefficient (Wildman–Crippen LogP) is 5.31. The number of hydrogen-bond donors (Lipinski definition) is 2. The largest absolute Gasteiger partial charge is 0.507 e. The molecule has 5 rings (SSSR count). The number of Topliss-reactive ketones (excluding diaryl/α,β-unsaturated/α-hetero) is 1. The van der Waals surface area contributed by atoms with Gasteiger partial charge in [0.15, 0.2) is 11.5 Å². The van der Waals surface area contributed by atoms with Crippen LogP contribution in [0.4, 0.5) is 0 Å². The molecule has 2 heterocycles. The Bertz CT molecular complexity index is 1580. The Morgan fingerprint density at radius 2 is 1.77 bits per heavy atom. The van der Waals surface area contributed by atoms with Crippen molar-refractivity contribution in [3.63, 3.8) is 0 Å². The van der Waals surface area contributed by atoms with Crippen LogP contribution in [0.5, 0.6) is 17.2 Å². The Labute approximate surface area is 231 Å². The highest BCUT2D eigenvalue weighted by molar-refractivity contribution is 6.46. The average molecular weight is 537 g/mol. The third-order valence-corrected chi connectivity index (χ3v) is 6.92. The van der Waals surface area contributed by atoms with Crippen LogP contribution in [0.3, 0.4) is 0 Å². The molecule has 202 valence electrons. The first-order valence-electron chi connectivity index (χ1n) is 12.7. The Morgan fingerprint density at radius 3 is 2.48 bits per heavy atom. The van der Waals surface area contributed by atoms with Gasteiger partial charge in [0.05, 0.1) is 18.7 Å². The van der Waals surface area contributed by atoms with Gasteiger partial charge < -0.3 is 24.6 Å². The van der Waals surface area contributed by atoms with E-state index in [2.05, 4.69) is 4.98 Å². The van der Waals surface area contributed by atoms with Gasteiger partial charge in [-0.25, -0.2) is 0 Å². The standard InChI is InChI=1S/C32H28N2O6/c1-20-6-3-4-8-24(20)19-40-25-12-9-22(10-13-25)30(36)28-29(23-11-14-26(35)27(16-23)39-2)34(32(38)31(28)37)18-21-7-5-15-33-17-21/h3-17,29,35-36H,18-19H2,1-2H3/b30-28-. The van der Waals surface area contributed by atoms with Gasteiger partial charge in [-0.05, 0) is 71.6 Å². The number of carbonyl (C=O) groups is 2. The quantitative estimate of drug-likeness (QED) is 0.179. The SMILES string of the molecule is COc1cc(C2/C(=C(/O)c3ccc(OCc4ccccc4C)cc3)C(=O)C(=O)N2Cc2cccnc2)ccc1O. The number of aryl methyl sites for hydroxylation is 1. The summed E-state index contributed by atoms with van der Waals surface area (Å²) in [5.74, 6) is -1.18. The third kappa shape index (κ3) is 5.24. The van der Waals surface area contributed by atoms with E-state index in [0.29, 0.717) is 23.5 Å². The van der Waals surface area contributed by atoms with Crippen LogP contribution in [0, 0.1) is 6.92 Å². The highest BCUT2D eigenvalue weighted by atomic mass is 16.5. The van der Waals surface area contributed by atoms with E-state index in [1.807, 2.05) is 31.2 Å². The smallest absolute Gasteiger partial charge is 0.295 e.